The molecule has 0 fully saturated rings. The number of fused-ring (bicyclic) bond motifs is 1. The first-order chi connectivity index (χ1) is 14.5. The van der Waals surface area contributed by atoms with Gasteiger partial charge in [0, 0.05) is 13.0 Å². The molecule has 0 spiro atoms. The summed E-state index contributed by atoms with van der Waals surface area (Å²) in [5, 5.41) is 2.93. The molecule has 6 heteroatoms. The van der Waals surface area contributed by atoms with Crippen molar-refractivity contribution in [2.45, 2.75) is 12.5 Å². The van der Waals surface area contributed by atoms with Crippen molar-refractivity contribution < 1.29 is 18.8 Å². The van der Waals surface area contributed by atoms with E-state index in [1.165, 1.54) is 12.1 Å². The standard InChI is InChI=1S/C24H19FN2O3/c25-18-12-10-17(11-13-18)22(16-6-2-1-3-7-16)26-21(28)14-15-27-23(29)19-8-4-5-9-20(19)24(27)30/h1-13,22H,14-15H2,(H,26,28). The molecule has 1 aliphatic heterocycles. The van der Waals surface area contributed by atoms with Crippen molar-refractivity contribution in [2.75, 3.05) is 6.54 Å². The van der Waals surface area contributed by atoms with Gasteiger partial charge in [0.1, 0.15) is 5.82 Å². The Morgan fingerprint density at radius 1 is 0.800 bits per heavy atom. The third-order valence-corrected chi connectivity index (χ3v) is 5.08. The normalized spacial score (nSPS) is 13.8. The maximum atomic E-state index is 13.3. The monoisotopic (exact) mass is 402 g/mol. The molecular formula is C24H19FN2O3. The summed E-state index contributed by atoms with van der Waals surface area (Å²) in [7, 11) is 0. The van der Waals surface area contributed by atoms with E-state index in [1.807, 2.05) is 30.3 Å². The predicted octanol–water partition coefficient (Wildman–Crippen LogP) is 3.72. The molecule has 0 bridgehead atoms. The number of rotatable bonds is 6. The van der Waals surface area contributed by atoms with Crippen LogP contribution in [0.25, 0.3) is 0 Å². The Morgan fingerprint density at radius 2 is 1.33 bits per heavy atom. The van der Waals surface area contributed by atoms with Crippen LogP contribution >= 0.6 is 0 Å². The highest BCUT2D eigenvalue weighted by molar-refractivity contribution is 6.21. The van der Waals surface area contributed by atoms with E-state index in [0.717, 1.165) is 16.0 Å². The summed E-state index contributed by atoms with van der Waals surface area (Å²) in [6, 6.07) is 21.4. The van der Waals surface area contributed by atoms with Gasteiger partial charge in [-0.2, -0.15) is 0 Å². The lowest BCUT2D eigenvalue weighted by atomic mass is 9.98. The molecule has 1 atom stereocenters. The molecule has 1 heterocycles. The number of benzene rings is 3. The number of nitrogens with zero attached hydrogens (tertiary/aromatic N) is 1. The van der Waals surface area contributed by atoms with E-state index in [4.69, 9.17) is 0 Å². The summed E-state index contributed by atoms with van der Waals surface area (Å²) in [5.41, 5.74) is 2.29. The Kier molecular flexibility index (Phi) is 5.39. The van der Waals surface area contributed by atoms with Gasteiger partial charge in [0.15, 0.2) is 0 Å². The van der Waals surface area contributed by atoms with E-state index in [1.54, 1.807) is 36.4 Å². The maximum absolute atomic E-state index is 13.3. The Bertz CT molecular complexity index is 1060. The number of hydrogen-bond donors (Lipinski definition) is 1. The molecule has 1 aliphatic rings. The van der Waals surface area contributed by atoms with Gasteiger partial charge in [-0.1, -0.05) is 54.6 Å². The van der Waals surface area contributed by atoms with Crippen molar-refractivity contribution in [3.63, 3.8) is 0 Å². The van der Waals surface area contributed by atoms with E-state index in [0.29, 0.717) is 11.1 Å². The number of amides is 3. The highest BCUT2D eigenvalue weighted by Crippen LogP contribution is 2.24. The molecule has 0 saturated carbocycles. The summed E-state index contributed by atoms with van der Waals surface area (Å²) in [6.45, 7) is -0.0108. The van der Waals surface area contributed by atoms with Crippen LogP contribution in [0.1, 0.15) is 44.3 Å². The number of halogens is 1. The Balaban J connectivity index is 1.47. The van der Waals surface area contributed by atoms with Crippen LogP contribution < -0.4 is 5.32 Å². The van der Waals surface area contributed by atoms with Crippen molar-refractivity contribution in [3.05, 3.63) is 107 Å². The van der Waals surface area contributed by atoms with E-state index in [-0.39, 0.29) is 36.5 Å². The molecule has 150 valence electrons. The summed E-state index contributed by atoms with van der Waals surface area (Å²) in [6.07, 6.45) is -0.0317. The summed E-state index contributed by atoms with van der Waals surface area (Å²) >= 11 is 0. The molecule has 3 aromatic carbocycles. The SMILES string of the molecule is O=C(CCN1C(=O)c2ccccc2C1=O)NC(c1ccccc1)c1ccc(F)cc1. The Hall–Kier alpha value is -3.80. The average molecular weight is 402 g/mol. The smallest absolute Gasteiger partial charge is 0.261 e. The molecule has 1 N–H and O–H groups in total. The first kappa shape index (κ1) is 19.5. The highest BCUT2D eigenvalue weighted by Gasteiger charge is 2.35. The predicted molar refractivity (Wildman–Crippen MR) is 109 cm³/mol. The van der Waals surface area contributed by atoms with Gasteiger partial charge >= 0.3 is 0 Å². The van der Waals surface area contributed by atoms with Gasteiger partial charge in [0.05, 0.1) is 17.2 Å². The minimum absolute atomic E-state index is 0.0108. The Labute approximate surface area is 173 Å². The fourth-order valence-corrected chi connectivity index (χ4v) is 3.55. The van der Waals surface area contributed by atoms with Crippen LogP contribution in [0.3, 0.4) is 0 Å². The zero-order chi connectivity index (χ0) is 21.1. The third kappa shape index (κ3) is 3.85. The van der Waals surface area contributed by atoms with Crippen LogP contribution in [0, 0.1) is 5.82 Å². The summed E-state index contributed by atoms with van der Waals surface area (Å²) in [4.78, 5) is 38.7. The van der Waals surface area contributed by atoms with E-state index in [9.17, 15) is 18.8 Å². The van der Waals surface area contributed by atoms with E-state index >= 15 is 0 Å². The zero-order valence-electron chi connectivity index (χ0n) is 16.0. The third-order valence-electron chi connectivity index (χ3n) is 5.08. The van der Waals surface area contributed by atoms with Crippen molar-refractivity contribution in [1.29, 1.82) is 0 Å². The van der Waals surface area contributed by atoms with Gasteiger partial charge in [-0.25, -0.2) is 4.39 Å². The van der Waals surface area contributed by atoms with E-state index in [2.05, 4.69) is 5.32 Å². The lowest BCUT2D eigenvalue weighted by molar-refractivity contribution is -0.121. The highest BCUT2D eigenvalue weighted by atomic mass is 19.1. The molecule has 3 amide bonds. The van der Waals surface area contributed by atoms with Crippen LogP contribution in [0.4, 0.5) is 4.39 Å². The molecule has 30 heavy (non-hydrogen) atoms. The van der Waals surface area contributed by atoms with Gasteiger partial charge < -0.3 is 5.32 Å². The van der Waals surface area contributed by atoms with Gasteiger partial charge in [-0.3, -0.25) is 19.3 Å². The molecule has 5 nitrogen and oxygen atoms in total. The van der Waals surface area contributed by atoms with Crippen LogP contribution in [0.15, 0.2) is 78.9 Å². The molecular weight excluding hydrogens is 383 g/mol. The first-order valence-corrected chi connectivity index (χ1v) is 9.59. The van der Waals surface area contributed by atoms with Gasteiger partial charge in [0.25, 0.3) is 11.8 Å². The molecule has 1 unspecified atom stereocenters. The second-order valence-corrected chi connectivity index (χ2v) is 7.02. The summed E-state index contributed by atoms with van der Waals surface area (Å²) < 4.78 is 13.3. The second-order valence-electron chi connectivity index (χ2n) is 7.02. The number of nitrogens with one attached hydrogen (secondary N) is 1. The van der Waals surface area contributed by atoms with Gasteiger partial charge in [0.2, 0.25) is 5.91 Å². The van der Waals surface area contributed by atoms with Crippen molar-refractivity contribution >= 4 is 17.7 Å². The number of carbonyl (C=O) groups excluding carboxylic acids is 3. The van der Waals surface area contributed by atoms with Crippen molar-refractivity contribution in [2.24, 2.45) is 0 Å². The van der Waals surface area contributed by atoms with Crippen molar-refractivity contribution in [1.82, 2.24) is 10.2 Å². The molecule has 0 aliphatic carbocycles. The molecule has 4 rings (SSSR count). The van der Waals surface area contributed by atoms with Crippen LogP contribution in [0.2, 0.25) is 0 Å². The van der Waals surface area contributed by atoms with E-state index < -0.39 is 6.04 Å². The molecule has 0 aromatic heterocycles. The van der Waals surface area contributed by atoms with Gasteiger partial charge in [-0.05, 0) is 35.4 Å². The fraction of sp³-hybridized carbons (Fsp3) is 0.125. The molecule has 0 radical (unpaired) electrons. The quantitative estimate of drug-likeness (QED) is 0.639. The second kappa shape index (κ2) is 8.29. The van der Waals surface area contributed by atoms with Crippen molar-refractivity contribution in [3.8, 4) is 0 Å². The first-order valence-electron chi connectivity index (χ1n) is 9.59. The fourth-order valence-electron chi connectivity index (χ4n) is 3.55. The van der Waals surface area contributed by atoms with Gasteiger partial charge in [-0.15, -0.1) is 0 Å². The lowest BCUT2D eigenvalue weighted by Crippen LogP contribution is -2.36. The average Bonchev–Trinajstić information content (AvgIpc) is 3.02. The number of hydrogen-bond acceptors (Lipinski definition) is 3. The minimum atomic E-state index is -0.471. The molecule has 0 saturated heterocycles. The molecule has 3 aromatic rings. The number of imide groups is 1. The number of carbonyl (C=O) groups is 3. The lowest BCUT2D eigenvalue weighted by Gasteiger charge is -2.21. The van der Waals surface area contributed by atoms with Crippen LogP contribution in [-0.4, -0.2) is 29.2 Å². The maximum Gasteiger partial charge on any atom is 0.261 e. The van der Waals surface area contributed by atoms with Crippen LogP contribution in [-0.2, 0) is 4.79 Å². The minimum Gasteiger partial charge on any atom is -0.345 e. The topological polar surface area (TPSA) is 66.5 Å². The summed E-state index contributed by atoms with van der Waals surface area (Å²) in [5.74, 6) is -1.45. The largest absolute Gasteiger partial charge is 0.345 e. The Morgan fingerprint density at radius 3 is 1.93 bits per heavy atom. The van der Waals surface area contributed by atoms with Crippen LogP contribution in [0.5, 0.6) is 0 Å². The zero-order valence-corrected chi connectivity index (χ0v) is 16.0.